The molecule has 0 unspecified atom stereocenters. The number of rotatable bonds is 4. The Hall–Kier alpha value is -0.119. The molecule has 0 saturated carbocycles. The maximum absolute atomic E-state index is 7.76. The first-order valence-electron chi connectivity index (χ1n) is 1.99. The average molecular weight is 165 g/mol. The Morgan fingerprint density at radius 2 is 2.50 bits per heavy atom. The van der Waals surface area contributed by atoms with Gasteiger partial charge in [0, 0.05) is 0 Å². The van der Waals surface area contributed by atoms with Crippen molar-refractivity contribution in [3.05, 3.63) is 10.4 Å². The molecule has 0 bridgehead atoms. The fourth-order valence-electron chi connectivity index (χ4n) is 0.187. The van der Waals surface area contributed by atoms with Gasteiger partial charge in [-0.05, 0) is 10.4 Å². The molecule has 0 aliphatic rings. The molecule has 0 fully saturated rings. The van der Waals surface area contributed by atoms with E-state index < -0.39 is 19.9 Å². The lowest BCUT2D eigenvalue weighted by Gasteiger charge is -1.93. The highest BCUT2D eigenvalue weighted by atomic mass is 28.3. The second-order valence-corrected chi connectivity index (χ2v) is 5.69. The van der Waals surface area contributed by atoms with E-state index in [1.807, 2.05) is 0 Å². The Morgan fingerprint density at radius 3 is 3.00 bits per heavy atom. The predicted molar refractivity (Wildman–Crippen MR) is 38.3 cm³/mol. The van der Waals surface area contributed by atoms with E-state index in [-0.39, 0.29) is 0 Å². The van der Waals surface area contributed by atoms with Crippen LogP contribution in [0.1, 0.15) is 0 Å². The number of hydrogen-bond acceptors (Lipinski definition) is 3. The molecule has 0 radical (unpaired) electrons. The molecule has 0 heterocycles. The minimum absolute atomic E-state index is 0.732. The van der Waals surface area contributed by atoms with Gasteiger partial charge in [-0.1, -0.05) is 4.78 Å². The molecule has 0 amide bonds. The summed E-state index contributed by atoms with van der Waals surface area (Å²) in [7, 11) is -0.941. The summed E-state index contributed by atoms with van der Waals surface area (Å²) in [6.07, 6.45) is 0. The molecule has 8 heteroatoms. The van der Waals surface area contributed by atoms with Gasteiger partial charge in [0.05, 0.1) is 0 Å². The summed E-state index contributed by atoms with van der Waals surface area (Å²) < 4.78 is 13.0. The highest BCUT2D eigenvalue weighted by Crippen LogP contribution is 1.68. The standard InChI is InChI=1S/H7N3O2Si3/c1-2-3-7-5-8-4-6/h7-8H2,6H3. The van der Waals surface area contributed by atoms with E-state index in [0.717, 1.165) is 10.5 Å². The van der Waals surface area contributed by atoms with E-state index >= 15 is 0 Å². The number of hydrogen-bond donors (Lipinski definition) is 0. The molecule has 0 aromatic carbocycles. The van der Waals surface area contributed by atoms with Crippen molar-refractivity contribution in [1.29, 1.82) is 0 Å². The Balaban J connectivity index is 2.82. The first-order chi connectivity index (χ1) is 3.91. The normalized spacial score (nSPS) is 11.5. The highest BCUT2D eigenvalue weighted by Gasteiger charge is 1.79. The number of azide groups is 1. The van der Waals surface area contributed by atoms with Gasteiger partial charge in [0.1, 0.15) is 10.5 Å². The summed E-state index contributed by atoms with van der Waals surface area (Å²) in [5.74, 6) is 0. The first-order valence-corrected chi connectivity index (χ1v) is 5.17. The number of nitrogens with zero attached hydrogens (tertiary/aromatic N) is 3. The Kier molecular flexibility index (Phi) is 6.78. The Bertz CT molecular complexity index is 88.5. The molecule has 0 N–H and O–H groups in total. The van der Waals surface area contributed by atoms with Crippen molar-refractivity contribution in [2.24, 2.45) is 4.78 Å². The van der Waals surface area contributed by atoms with Crippen LogP contribution in [0, 0.1) is 0 Å². The van der Waals surface area contributed by atoms with Crippen LogP contribution in [0.5, 0.6) is 0 Å². The van der Waals surface area contributed by atoms with E-state index in [0.29, 0.717) is 0 Å². The van der Waals surface area contributed by atoms with E-state index in [4.69, 9.17) is 13.8 Å². The summed E-state index contributed by atoms with van der Waals surface area (Å²) in [6.45, 7) is 0. The molecule has 0 atom stereocenters. The van der Waals surface area contributed by atoms with Gasteiger partial charge in [0.25, 0.3) is 10.0 Å². The van der Waals surface area contributed by atoms with Crippen LogP contribution >= 0.6 is 0 Å². The predicted octanol–water partition coefficient (Wildman–Crippen LogP) is -2.39. The molecule has 0 rings (SSSR count). The molecule has 0 aliphatic carbocycles. The molecule has 0 aromatic heterocycles. The fourth-order valence-corrected chi connectivity index (χ4v) is 3.03. The zero-order valence-electron chi connectivity index (χ0n) is 4.57. The van der Waals surface area contributed by atoms with E-state index in [1.165, 1.54) is 0 Å². The van der Waals surface area contributed by atoms with E-state index in [9.17, 15) is 0 Å². The van der Waals surface area contributed by atoms with Gasteiger partial charge in [-0.3, -0.25) is 0 Å². The van der Waals surface area contributed by atoms with Gasteiger partial charge in [0.2, 0.25) is 9.92 Å². The van der Waals surface area contributed by atoms with Gasteiger partial charge in [-0.2, -0.15) is 0 Å². The van der Waals surface area contributed by atoms with Crippen LogP contribution in [0.25, 0.3) is 10.4 Å². The van der Waals surface area contributed by atoms with Crippen LogP contribution < -0.4 is 0 Å². The summed E-state index contributed by atoms with van der Waals surface area (Å²) in [5, 5.41) is 0. The SMILES string of the molecule is [N-]=[N+]=N[SiH2]O[SiH2]O[SiH3]. The third kappa shape index (κ3) is 5.88. The minimum atomic E-state index is -0.932. The Labute approximate surface area is 54.6 Å². The molecule has 0 aliphatic heterocycles. The third-order valence-electron chi connectivity index (χ3n) is 0.413. The average Bonchev–Trinajstić information content (AvgIpc) is 1.81. The second-order valence-electron chi connectivity index (χ2n) is 0.971. The third-order valence-corrected chi connectivity index (χ3v) is 3.00. The van der Waals surface area contributed by atoms with Gasteiger partial charge >= 0.3 is 0 Å². The van der Waals surface area contributed by atoms with Gasteiger partial charge < -0.3 is 8.23 Å². The maximum Gasteiger partial charge on any atom is 0.282 e. The van der Waals surface area contributed by atoms with E-state index in [2.05, 4.69) is 9.69 Å². The molecule has 0 saturated heterocycles. The van der Waals surface area contributed by atoms with Gasteiger partial charge in [-0.15, -0.1) is 0 Å². The van der Waals surface area contributed by atoms with Crippen molar-refractivity contribution < 1.29 is 8.23 Å². The molecular formula is H7N3O2Si3. The van der Waals surface area contributed by atoms with Crippen LogP contribution in [0.2, 0.25) is 0 Å². The largest absolute Gasteiger partial charge is 0.449 e. The monoisotopic (exact) mass is 165 g/mol. The summed E-state index contributed by atoms with van der Waals surface area (Å²) in [5.41, 5.74) is 7.76. The van der Waals surface area contributed by atoms with Crippen molar-refractivity contribution >= 4 is 30.4 Å². The zero-order chi connectivity index (χ0) is 6.24. The van der Waals surface area contributed by atoms with Crippen molar-refractivity contribution in [1.82, 2.24) is 0 Å². The molecule has 5 nitrogen and oxygen atoms in total. The summed E-state index contributed by atoms with van der Waals surface area (Å²) in [6, 6.07) is 0. The topological polar surface area (TPSA) is 67.2 Å². The lowest BCUT2D eigenvalue weighted by atomic mass is 13.0. The van der Waals surface area contributed by atoms with Crippen LogP contribution in [0.15, 0.2) is 4.78 Å². The van der Waals surface area contributed by atoms with Crippen molar-refractivity contribution in [2.75, 3.05) is 0 Å². The lowest BCUT2D eigenvalue weighted by molar-refractivity contribution is 0.503. The second kappa shape index (κ2) is 6.88. The smallest absolute Gasteiger partial charge is 0.282 e. The molecule has 46 valence electrons. The summed E-state index contributed by atoms with van der Waals surface area (Å²) >= 11 is 0. The van der Waals surface area contributed by atoms with Crippen LogP contribution in [0.3, 0.4) is 0 Å². The van der Waals surface area contributed by atoms with Gasteiger partial charge in [0.15, 0.2) is 0 Å². The van der Waals surface area contributed by atoms with Crippen molar-refractivity contribution in [3.63, 3.8) is 0 Å². The molecule has 0 aromatic rings. The Morgan fingerprint density at radius 1 is 1.75 bits per heavy atom. The highest BCUT2D eigenvalue weighted by molar-refractivity contribution is 6.40. The van der Waals surface area contributed by atoms with Gasteiger partial charge in [-0.25, -0.2) is 0 Å². The van der Waals surface area contributed by atoms with Crippen molar-refractivity contribution in [3.8, 4) is 0 Å². The van der Waals surface area contributed by atoms with Crippen LogP contribution in [-0.2, 0) is 8.23 Å². The zero-order valence-corrected chi connectivity index (χ0v) is 9.40. The van der Waals surface area contributed by atoms with Crippen LogP contribution in [0.4, 0.5) is 0 Å². The maximum atomic E-state index is 7.76. The quantitative estimate of drug-likeness (QED) is 0.153. The fraction of sp³-hybridized carbons (Fsp3) is 0. The van der Waals surface area contributed by atoms with E-state index in [1.54, 1.807) is 0 Å². The molecule has 8 heavy (non-hydrogen) atoms. The molecular weight excluding hydrogens is 158 g/mol. The van der Waals surface area contributed by atoms with Crippen LogP contribution in [-0.4, -0.2) is 30.4 Å². The van der Waals surface area contributed by atoms with Crippen molar-refractivity contribution in [2.45, 2.75) is 0 Å². The lowest BCUT2D eigenvalue weighted by Crippen LogP contribution is -2.03. The summed E-state index contributed by atoms with van der Waals surface area (Å²) in [4.78, 5) is 2.55. The minimum Gasteiger partial charge on any atom is -0.449 e. The molecule has 0 spiro atoms. The first kappa shape index (κ1) is 7.88.